The molecule has 0 aliphatic heterocycles. The maximum absolute atomic E-state index is 5.11. The van der Waals surface area contributed by atoms with Crippen molar-refractivity contribution < 1.29 is 0 Å². The summed E-state index contributed by atoms with van der Waals surface area (Å²) in [4.78, 5) is 0. The van der Waals surface area contributed by atoms with Gasteiger partial charge in [0.15, 0.2) is 5.11 Å². The molecule has 2 rings (SSSR count). The quantitative estimate of drug-likeness (QED) is 0.497. The summed E-state index contributed by atoms with van der Waals surface area (Å²) in [5.41, 5.74) is 6.58. The number of nitrogens with zero attached hydrogens (tertiary/aromatic N) is 1. The number of hydrogen-bond donors (Lipinski definition) is 2. The van der Waals surface area contributed by atoms with Gasteiger partial charge in [-0.3, -0.25) is 5.43 Å². The molecule has 0 aromatic heterocycles. The molecule has 3 nitrogen and oxygen atoms in total. The number of aryl methyl sites for hydroxylation is 1. The third-order valence-corrected chi connectivity index (χ3v) is 3.12. The van der Waals surface area contributed by atoms with Gasteiger partial charge in [0.25, 0.3) is 0 Å². The van der Waals surface area contributed by atoms with E-state index >= 15 is 0 Å². The van der Waals surface area contributed by atoms with Crippen molar-refractivity contribution in [1.82, 2.24) is 10.7 Å². The molecule has 0 heterocycles. The van der Waals surface area contributed by atoms with E-state index in [0.717, 1.165) is 25.0 Å². The average molecular weight is 259 g/mol. The van der Waals surface area contributed by atoms with E-state index in [1.807, 2.05) is 6.07 Å². The van der Waals surface area contributed by atoms with Gasteiger partial charge in [-0.1, -0.05) is 30.3 Å². The van der Waals surface area contributed by atoms with Gasteiger partial charge in [-0.05, 0) is 37.0 Å². The number of nitrogens with one attached hydrogen (secondary N) is 2. The first-order chi connectivity index (χ1) is 8.81. The van der Waals surface area contributed by atoms with Crippen LogP contribution in [0, 0.1) is 0 Å². The molecule has 2 N–H and O–H groups in total. The predicted molar refractivity (Wildman–Crippen MR) is 79.9 cm³/mol. The first-order valence-electron chi connectivity index (χ1n) is 6.11. The molecular weight excluding hydrogens is 242 g/mol. The zero-order valence-electron chi connectivity index (χ0n) is 10.3. The van der Waals surface area contributed by atoms with Gasteiger partial charge in [-0.25, -0.2) is 0 Å². The Hall–Kier alpha value is -1.68. The fourth-order valence-corrected chi connectivity index (χ4v) is 2.17. The molecule has 0 atom stereocenters. The van der Waals surface area contributed by atoms with E-state index in [9.17, 15) is 0 Å². The van der Waals surface area contributed by atoms with Crippen LogP contribution in [0.3, 0.4) is 0 Å². The third kappa shape index (κ3) is 3.17. The minimum atomic E-state index is 0.533. The van der Waals surface area contributed by atoms with Gasteiger partial charge >= 0.3 is 0 Å². The van der Waals surface area contributed by atoms with Gasteiger partial charge in [-0.15, -0.1) is 6.58 Å². The first kappa shape index (κ1) is 12.8. The maximum atomic E-state index is 5.11. The molecule has 0 amide bonds. The largest absolute Gasteiger partial charge is 0.358 e. The molecular formula is C14H17N3S. The monoisotopic (exact) mass is 259 g/mol. The van der Waals surface area contributed by atoms with Gasteiger partial charge in [0, 0.05) is 12.1 Å². The molecule has 1 aliphatic carbocycles. The molecule has 0 spiro atoms. The maximum Gasteiger partial charge on any atom is 0.187 e. The van der Waals surface area contributed by atoms with E-state index in [4.69, 9.17) is 12.2 Å². The van der Waals surface area contributed by atoms with Crippen LogP contribution in [0.5, 0.6) is 0 Å². The number of hydrazone groups is 1. The number of hydrogen-bond acceptors (Lipinski definition) is 2. The standard InChI is InChI=1S/C14H17N3S/c1-2-10-15-14(18)17-16-13-9-5-7-11-6-3-4-8-12(11)13/h2-4,6,8H,1,5,7,9-10H2,(H2,15,17,18)/b16-13+. The zero-order valence-corrected chi connectivity index (χ0v) is 11.1. The lowest BCUT2D eigenvalue weighted by Gasteiger charge is -2.17. The van der Waals surface area contributed by atoms with Crippen LogP contribution >= 0.6 is 12.2 Å². The first-order valence-corrected chi connectivity index (χ1v) is 6.51. The highest BCUT2D eigenvalue weighted by atomic mass is 32.1. The Labute approximate surface area is 113 Å². The van der Waals surface area contributed by atoms with Crippen LogP contribution in [0.2, 0.25) is 0 Å². The van der Waals surface area contributed by atoms with Crippen LogP contribution in [0.4, 0.5) is 0 Å². The van der Waals surface area contributed by atoms with Gasteiger partial charge < -0.3 is 5.32 Å². The van der Waals surface area contributed by atoms with Crippen molar-refractivity contribution in [1.29, 1.82) is 0 Å². The fraction of sp³-hybridized carbons (Fsp3) is 0.286. The highest BCUT2D eigenvalue weighted by Crippen LogP contribution is 2.20. The van der Waals surface area contributed by atoms with E-state index in [1.54, 1.807) is 6.08 Å². The summed E-state index contributed by atoms with van der Waals surface area (Å²) in [6, 6.07) is 8.41. The lowest BCUT2D eigenvalue weighted by molar-refractivity contribution is 0.824. The molecule has 1 aliphatic rings. The van der Waals surface area contributed by atoms with E-state index in [-0.39, 0.29) is 0 Å². The summed E-state index contributed by atoms with van der Waals surface area (Å²) in [5, 5.41) is 7.93. The molecule has 94 valence electrons. The van der Waals surface area contributed by atoms with E-state index < -0.39 is 0 Å². The Bertz CT molecular complexity index is 480. The second kappa shape index (κ2) is 6.31. The Balaban J connectivity index is 2.06. The minimum Gasteiger partial charge on any atom is -0.358 e. The van der Waals surface area contributed by atoms with Gasteiger partial charge in [0.05, 0.1) is 5.71 Å². The normalized spacial score (nSPS) is 15.9. The Morgan fingerprint density at radius 1 is 1.39 bits per heavy atom. The molecule has 0 radical (unpaired) electrons. The van der Waals surface area contributed by atoms with Crippen molar-refractivity contribution in [2.75, 3.05) is 6.54 Å². The van der Waals surface area contributed by atoms with Crippen LogP contribution in [-0.4, -0.2) is 17.4 Å². The van der Waals surface area contributed by atoms with Crippen molar-refractivity contribution in [2.24, 2.45) is 5.10 Å². The second-order valence-corrected chi connectivity index (χ2v) is 4.59. The Kier molecular flexibility index (Phi) is 4.47. The van der Waals surface area contributed by atoms with Gasteiger partial charge in [-0.2, -0.15) is 5.10 Å². The van der Waals surface area contributed by atoms with Crippen molar-refractivity contribution >= 4 is 23.0 Å². The second-order valence-electron chi connectivity index (χ2n) is 4.18. The molecule has 0 fully saturated rings. The lowest BCUT2D eigenvalue weighted by atomic mass is 9.90. The lowest BCUT2D eigenvalue weighted by Crippen LogP contribution is -2.33. The summed E-state index contributed by atoms with van der Waals surface area (Å²) in [6.07, 6.45) is 5.03. The number of rotatable bonds is 3. The topological polar surface area (TPSA) is 36.4 Å². The molecule has 1 aromatic carbocycles. The highest BCUT2D eigenvalue weighted by Gasteiger charge is 2.14. The highest BCUT2D eigenvalue weighted by molar-refractivity contribution is 7.80. The molecule has 18 heavy (non-hydrogen) atoms. The third-order valence-electron chi connectivity index (χ3n) is 2.89. The van der Waals surface area contributed by atoms with Crippen molar-refractivity contribution in [2.45, 2.75) is 19.3 Å². The summed E-state index contributed by atoms with van der Waals surface area (Å²) in [7, 11) is 0. The van der Waals surface area contributed by atoms with Crippen LogP contribution in [-0.2, 0) is 6.42 Å². The van der Waals surface area contributed by atoms with Gasteiger partial charge in [0.1, 0.15) is 0 Å². The Morgan fingerprint density at radius 3 is 3.06 bits per heavy atom. The van der Waals surface area contributed by atoms with Crippen LogP contribution in [0.25, 0.3) is 0 Å². The number of benzene rings is 1. The van der Waals surface area contributed by atoms with E-state index in [1.165, 1.54) is 11.1 Å². The van der Waals surface area contributed by atoms with Crippen LogP contribution in [0.15, 0.2) is 42.0 Å². The molecule has 0 saturated heterocycles. The SMILES string of the molecule is C=CCNC(=S)N/N=C1\CCCc2ccccc21. The van der Waals surface area contributed by atoms with Crippen molar-refractivity contribution in [3.8, 4) is 0 Å². The summed E-state index contributed by atoms with van der Waals surface area (Å²) < 4.78 is 0. The van der Waals surface area contributed by atoms with E-state index in [2.05, 4.69) is 40.6 Å². The number of fused-ring (bicyclic) bond motifs is 1. The molecule has 0 unspecified atom stereocenters. The van der Waals surface area contributed by atoms with Gasteiger partial charge in [0.2, 0.25) is 0 Å². The average Bonchev–Trinajstić information content (AvgIpc) is 2.42. The minimum absolute atomic E-state index is 0.533. The smallest absolute Gasteiger partial charge is 0.187 e. The molecule has 0 saturated carbocycles. The predicted octanol–water partition coefficient (Wildman–Crippen LogP) is 2.38. The fourth-order valence-electron chi connectivity index (χ4n) is 2.04. The number of thiocarbonyl (C=S) groups is 1. The zero-order chi connectivity index (χ0) is 12.8. The van der Waals surface area contributed by atoms with Crippen molar-refractivity contribution in [3.63, 3.8) is 0 Å². The summed E-state index contributed by atoms with van der Waals surface area (Å²) in [5.74, 6) is 0. The Morgan fingerprint density at radius 2 is 2.22 bits per heavy atom. The molecule has 4 heteroatoms. The summed E-state index contributed by atoms with van der Waals surface area (Å²) in [6.45, 7) is 4.27. The molecule has 1 aromatic rings. The molecule has 0 bridgehead atoms. The summed E-state index contributed by atoms with van der Waals surface area (Å²) >= 11 is 5.11. The van der Waals surface area contributed by atoms with E-state index in [0.29, 0.717) is 11.7 Å². The van der Waals surface area contributed by atoms with Crippen LogP contribution in [0.1, 0.15) is 24.0 Å². The van der Waals surface area contributed by atoms with Crippen molar-refractivity contribution in [3.05, 3.63) is 48.0 Å². The van der Waals surface area contributed by atoms with Crippen LogP contribution < -0.4 is 10.7 Å².